The highest BCUT2D eigenvalue weighted by atomic mass is 16.5. The Morgan fingerprint density at radius 2 is 1.72 bits per heavy atom. The van der Waals surface area contributed by atoms with Crippen molar-refractivity contribution in [3.63, 3.8) is 0 Å². The van der Waals surface area contributed by atoms with Crippen molar-refractivity contribution in [1.29, 1.82) is 5.26 Å². The van der Waals surface area contributed by atoms with Gasteiger partial charge in [0, 0.05) is 44.8 Å². The fourth-order valence-corrected chi connectivity index (χ4v) is 1.97. The summed E-state index contributed by atoms with van der Waals surface area (Å²) < 4.78 is 10.1. The normalized spacial score (nSPS) is 10.9. The standard InChI is InChI=1S/C18H23N3O4/c1-14(22)15-4-6-17(7-5-15)20-18(23)16(12-19)13-21(8-10-24-2)9-11-25-3/h4-7,13H,8-11H2,1-3H3,(H,20,23)/b16-13-. The summed E-state index contributed by atoms with van der Waals surface area (Å²) in [4.78, 5) is 25.3. The fourth-order valence-electron chi connectivity index (χ4n) is 1.97. The van der Waals surface area contributed by atoms with Crippen molar-refractivity contribution in [3.8, 4) is 6.07 Å². The molecule has 0 unspecified atom stereocenters. The van der Waals surface area contributed by atoms with Crippen LogP contribution in [0.5, 0.6) is 0 Å². The van der Waals surface area contributed by atoms with E-state index in [0.29, 0.717) is 37.6 Å². The molecule has 0 saturated carbocycles. The average molecular weight is 345 g/mol. The van der Waals surface area contributed by atoms with E-state index in [1.165, 1.54) is 13.1 Å². The number of ketones is 1. The van der Waals surface area contributed by atoms with Gasteiger partial charge in [-0.05, 0) is 31.2 Å². The highest BCUT2D eigenvalue weighted by Gasteiger charge is 2.12. The Hall–Kier alpha value is -2.69. The summed E-state index contributed by atoms with van der Waals surface area (Å²) in [5.41, 5.74) is 1.04. The molecule has 0 aliphatic rings. The zero-order chi connectivity index (χ0) is 18.7. The third kappa shape index (κ3) is 7.16. The molecular weight excluding hydrogens is 322 g/mol. The molecule has 0 heterocycles. The summed E-state index contributed by atoms with van der Waals surface area (Å²) in [6.45, 7) is 3.47. The molecule has 0 aromatic heterocycles. The minimum absolute atomic E-state index is 0.0251. The van der Waals surface area contributed by atoms with Gasteiger partial charge in [0.1, 0.15) is 11.6 Å². The maximum Gasteiger partial charge on any atom is 0.267 e. The minimum atomic E-state index is -0.516. The molecule has 1 aromatic carbocycles. The number of amides is 1. The van der Waals surface area contributed by atoms with Gasteiger partial charge >= 0.3 is 0 Å². The Balaban J connectivity index is 2.82. The number of nitrogens with zero attached hydrogens (tertiary/aromatic N) is 2. The van der Waals surface area contributed by atoms with E-state index in [0.717, 1.165) is 0 Å². The van der Waals surface area contributed by atoms with Gasteiger partial charge in [-0.15, -0.1) is 0 Å². The first kappa shape index (κ1) is 20.4. The first-order valence-electron chi connectivity index (χ1n) is 7.78. The summed E-state index contributed by atoms with van der Waals surface area (Å²) in [6.07, 6.45) is 1.50. The first-order chi connectivity index (χ1) is 12.0. The molecule has 0 atom stereocenters. The van der Waals surface area contributed by atoms with E-state index in [-0.39, 0.29) is 11.4 Å². The molecule has 7 heteroatoms. The molecule has 1 amide bonds. The van der Waals surface area contributed by atoms with Gasteiger partial charge in [-0.3, -0.25) is 9.59 Å². The Labute approximate surface area is 147 Å². The van der Waals surface area contributed by atoms with Crippen molar-refractivity contribution >= 4 is 17.4 Å². The lowest BCUT2D eigenvalue weighted by Gasteiger charge is -2.20. The predicted octanol–water partition coefficient (Wildman–Crippen LogP) is 1.83. The van der Waals surface area contributed by atoms with E-state index < -0.39 is 5.91 Å². The average Bonchev–Trinajstić information content (AvgIpc) is 2.61. The van der Waals surface area contributed by atoms with Gasteiger partial charge in [0.25, 0.3) is 5.91 Å². The number of methoxy groups -OCH3 is 2. The van der Waals surface area contributed by atoms with E-state index in [9.17, 15) is 14.9 Å². The van der Waals surface area contributed by atoms with Crippen LogP contribution in [-0.4, -0.2) is 57.1 Å². The van der Waals surface area contributed by atoms with E-state index in [2.05, 4.69) is 5.32 Å². The Kier molecular flexibility index (Phi) is 8.93. The molecule has 0 aliphatic heterocycles. The number of ether oxygens (including phenoxy) is 2. The molecule has 25 heavy (non-hydrogen) atoms. The maximum atomic E-state index is 12.3. The molecule has 0 bridgehead atoms. The number of benzene rings is 1. The van der Waals surface area contributed by atoms with Crippen molar-refractivity contribution in [1.82, 2.24) is 4.90 Å². The quantitative estimate of drug-likeness (QED) is 0.395. The van der Waals surface area contributed by atoms with Gasteiger partial charge in [0.15, 0.2) is 5.78 Å². The summed E-state index contributed by atoms with van der Waals surface area (Å²) >= 11 is 0. The van der Waals surface area contributed by atoms with Crippen molar-refractivity contribution in [2.45, 2.75) is 6.92 Å². The van der Waals surface area contributed by atoms with Crippen molar-refractivity contribution in [2.24, 2.45) is 0 Å². The minimum Gasteiger partial charge on any atom is -0.383 e. The maximum absolute atomic E-state index is 12.3. The number of nitriles is 1. The van der Waals surface area contributed by atoms with Crippen molar-refractivity contribution < 1.29 is 19.1 Å². The molecule has 1 rings (SSSR count). The summed E-state index contributed by atoms with van der Waals surface area (Å²) in [7, 11) is 3.17. The SMILES string of the molecule is COCCN(/C=C(/C#N)C(=O)Nc1ccc(C(C)=O)cc1)CCOC. The van der Waals surface area contributed by atoms with Gasteiger partial charge in [0.2, 0.25) is 0 Å². The number of carbonyl (C=O) groups excluding carboxylic acids is 2. The Morgan fingerprint density at radius 3 is 2.16 bits per heavy atom. The smallest absolute Gasteiger partial charge is 0.267 e. The highest BCUT2D eigenvalue weighted by Crippen LogP contribution is 2.11. The van der Waals surface area contributed by atoms with E-state index in [1.54, 1.807) is 43.4 Å². The molecule has 0 radical (unpaired) electrons. The van der Waals surface area contributed by atoms with Gasteiger partial charge in [-0.25, -0.2) is 0 Å². The van der Waals surface area contributed by atoms with Gasteiger partial charge in [-0.1, -0.05) is 0 Å². The molecule has 1 N–H and O–H groups in total. The van der Waals surface area contributed by atoms with E-state index >= 15 is 0 Å². The zero-order valence-electron chi connectivity index (χ0n) is 14.7. The van der Waals surface area contributed by atoms with Crippen molar-refractivity contribution in [3.05, 3.63) is 41.6 Å². The van der Waals surface area contributed by atoms with Crippen LogP contribution in [0.4, 0.5) is 5.69 Å². The number of rotatable bonds is 10. The third-order valence-electron chi connectivity index (χ3n) is 3.39. The van der Waals surface area contributed by atoms with Crippen LogP contribution in [0.15, 0.2) is 36.0 Å². The predicted molar refractivity (Wildman–Crippen MR) is 94.1 cm³/mol. The topological polar surface area (TPSA) is 91.7 Å². The Morgan fingerprint density at radius 1 is 1.16 bits per heavy atom. The number of hydrogen-bond donors (Lipinski definition) is 1. The van der Waals surface area contributed by atoms with Gasteiger partial charge in [0.05, 0.1) is 13.2 Å². The monoisotopic (exact) mass is 345 g/mol. The number of carbonyl (C=O) groups is 2. The van der Waals surface area contributed by atoms with E-state index in [1.807, 2.05) is 6.07 Å². The Bertz CT molecular complexity index is 639. The largest absolute Gasteiger partial charge is 0.383 e. The van der Waals surface area contributed by atoms with Crippen LogP contribution in [0, 0.1) is 11.3 Å². The third-order valence-corrected chi connectivity index (χ3v) is 3.39. The number of hydrogen-bond acceptors (Lipinski definition) is 6. The van der Waals surface area contributed by atoms with Crippen LogP contribution in [-0.2, 0) is 14.3 Å². The second-order valence-electron chi connectivity index (χ2n) is 5.26. The second kappa shape index (κ2) is 11.0. The molecule has 0 saturated heterocycles. The van der Waals surface area contributed by atoms with Crippen LogP contribution in [0.25, 0.3) is 0 Å². The second-order valence-corrected chi connectivity index (χ2v) is 5.26. The number of anilines is 1. The first-order valence-corrected chi connectivity index (χ1v) is 7.78. The molecule has 134 valence electrons. The summed E-state index contributed by atoms with van der Waals surface area (Å²) in [6, 6.07) is 8.40. The molecule has 7 nitrogen and oxygen atoms in total. The van der Waals surface area contributed by atoms with Crippen LogP contribution < -0.4 is 5.32 Å². The van der Waals surface area contributed by atoms with Gasteiger partial charge in [-0.2, -0.15) is 5.26 Å². The lowest BCUT2D eigenvalue weighted by molar-refractivity contribution is -0.112. The highest BCUT2D eigenvalue weighted by molar-refractivity contribution is 6.06. The van der Waals surface area contributed by atoms with Crippen molar-refractivity contribution in [2.75, 3.05) is 45.8 Å². The fraction of sp³-hybridized carbons (Fsp3) is 0.389. The van der Waals surface area contributed by atoms with Crippen LogP contribution >= 0.6 is 0 Å². The molecular formula is C18H23N3O4. The summed E-state index contributed by atoms with van der Waals surface area (Å²) in [5, 5.41) is 11.9. The van der Waals surface area contributed by atoms with Crippen LogP contribution in [0.2, 0.25) is 0 Å². The lowest BCUT2D eigenvalue weighted by Crippen LogP contribution is -2.27. The van der Waals surface area contributed by atoms with Crippen LogP contribution in [0.1, 0.15) is 17.3 Å². The number of Topliss-reactive ketones (excluding diaryl/α,β-unsaturated/α-hetero) is 1. The van der Waals surface area contributed by atoms with Crippen LogP contribution in [0.3, 0.4) is 0 Å². The molecule has 0 spiro atoms. The van der Waals surface area contributed by atoms with Gasteiger partial charge < -0.3 is 19.7 Å². The summed E-state index contributed by atoms with van der Waals surface area (Å²) in [5.74, 6) is -0.569. The zero-order valence-corrected chi connectivity index (χ0v) is 14.7. The molecule has 1 aromatic rings. The molecule has 0 aliphatic carbocycles. The molecule has 0 fully saturated rings. The number of nitrogens with one attached hydrogen (secondary N) is 1. The lowest BCUT2D eigenvalue weighted by atomic mass is 10.1. The van der Waals surface area contributed by atoms with E-state index in [4.69, 9.17) is 9.47 Å².